The standard InChI is InChI=1S/C16H13N3O3S2/c17-7-12-11-3-5-19(16(21)22)8-13(11)24-15(12)18-14(20)2-1-10-4-6-23-9-10/h1-2,4,6,9H,3,5,8H2,(H,18,20)(H,21,22). The van der Waals surface area contributed by atoms with Gasteiger partial charge >= 0.3 is 6.09 Å². The SMILES string of the molecule is N#Cc1c(NC(=O)C=Cc2ccsc2)sc2c1CCN(C(=O)O)C2. The van der Waals surface area contributed by atoms with Crippen molar-refractivity contribution in [2.75, 3.05) is 11.9 Å². The molecule has 0 radical (unpaired) electrons. The highest BCUT2D eigenvalue weighted by atomic mass is 32.1. The first-order valence-corrected chi connectivity index (χ1v) is 8.88. The lowest BCUT2D eigenvalue weighted by Gasteiger charge is -2.23. The molecule has 2 N–H and O–H groups in total. The van der Waals surface area contributed by atoms with Gasteiger partial charge in [-0.3, -0.25) is 4.79 Å². The number of nitriles is 1. The topological polar surface area (TPSA) is 93.4 Å². The van der Waals surface area contributed by atoms with Crippen molar-refractivity contribution in [3.8, 4) is 6.07 Å². The van der Waals surface area contributed by atoms with E-state index in [0.29, 0.717) is 23.5 Å². The van der Waals surface area contributed by atoms with E-state index in [0.717, 1.165) is 16.0 Å². The minimum Gasteiger partial charge on any atom is -0.465 e. The second-order valence-corrected chi connectivity index (χ2v) is 7.04. The van der Waals surface area contributed by atoms with E-state index in [2.05, 4.69) is 11.4 Å². The molecule has 0 atom stereocenters. The van der Waals surface area contributed by atoms with Crippen molar-refractivity contribution in [1.82, 2.24) is 4.90 Å². The summed E-state index contributed by atoms with van der Waals surface area (Å²) in [4.78, 5) is 25.3. The Kier molecular flexibility index (Phi) is 4.64. The molecule has 8 heteroatoms. The van der Waals surface area contributed by atoms with E-state index in [1.54, 1.807) is 17.4 Å². The number of hydrogen-bond donors (Lipinski definition) is 2. The Morgan fingerprint density at radius 2 is 2.29 bits per heavy atom. The van der Waals surface area contributed by atoms with E-state index in [1.165, 1.54) is 22.3 Å². The van der Waals surface area contributed by atoms with Crippen LogP contribution in [0.5, 0.6) is 0 Å². The molecular formula is C16H13N3O3S2. The van der Waals surface area contributed by atoms with Crippen molar-refractivity contribution in [2.24, 2.45) is 0 Å². The van der Waals surface area contributed by atoms with Crippen molar-refractivity contribution < 1.29 is 14.7 Å². The van der Waals surface area contributed by atoms with Crippen LogP contribution in [0.1, 0.15) is 21.6 Å². The lowest BCUT2D eigenvalue weighted by Crippen LogP contribution is -2.34. The maximum Gasteiger partial charge on any atom is 0.407 e. The minimum atomic E-state index is -0.975. The molecule has 0 bridgehead atoms. The number of amides is 2. The van der Waals surface area contributed by atoms with E-state index >= 15 is 0 Å². The van der Waals surface area contributed by atoms with Crippen molar-refractivity contribution in [3.05, 3.63) is 44.5 Å². The molecule has 1 aliphatic heterocycles. The molecule has 2 aromatic heterocycles. The Hall–Kier alpha value is -2.63. The van der Waals surface area contributed by atoms with E-state index in [1.807, 2.05) is 16.8 Å². The van der Waals surface area contributed by atoms with E-state index < -0.39 is 6.09 Å². The second kappa shape index (κ2) is 6.86. The molecule has 2 aromatic rings. The van der Waals surface area contributed by atoms with Gasteiger partial charge in [-0.05, 0) is 40.5 Å². The van der Waals surface area contributed by atoms with Gasteiger partial charge in [0.2, 0.25) is 5.91 Å². The van der Waals surface area contributed by atoms with Gasteiger partial charge in [0.1, 0.15) is 11.1 Å². The third-order valence-corrected chi connectivity index (χ3v) is 5.48. The Bertz CT molecular complexity index is 847. The summed E-state index contributed by atoms with van der Waals surface area (Å²) in [6.45, 7) is 0.615. The predicted molar refractivity (Wildman–Crippen MR) is 93.2 cm³/mol. The van der Waals surface area contributed by atoms with Gasteiger partial charge in [0.25, 0.3) is 0 Å². The molecule has 2 amide bonds. The summed E-state index contributed by atoms with van der Waals surface area (Å²) in [5.41, 5.74) is 2.23. The van der Waals surface area contributed by atoms with Gasteiger partial charge in [-0.15, -0.1) is 11.3 Å². The van der Waals surface area contributed by atoms with Crippen molar-refractivity contribution in [1.29, 1.82) is 5.26 Å². The van der Waals surface area contributed by atoms with Crippen LogP contribution in [0, 0.1) is 11.3 Å². The van der Waals surface area contributed by atoms with Crippen LogP contribution in [0.3, 0.4) is 0 Å². The first-order valence-electron chi connectivity index (χ1n) is 7.12. The number of carbonyl (C=O) groups excluding carboxylic acids is 1. The molecule has 6 nitrogen and oxygen atoms in total. The maximum absolute atomic E-state index is 12.1. The van der Waals surface area contributed by atoms with Crippen LogP contribution in [0.15, 0.2) is 22.9 Å². The summed E-state index contributed by atoms with van der Waals surface area (Å²) in [5, 5.41) is 25.5. The average Bonchev–Trinajstić information content (AvgIpc) is 3.19. The molecule has 24 heavy (non-hydrogen) atoms. The van der Waals surface area contributed by atoms with E-state index in [-0.39, 0.29) is 12.5 Å². The summed E-state index contributed by atoms with van der Waals surface area (Å²) in [6, 6.07) is 4.03. The largest absolute Gasteiger partial charge is 0.465 e. The molecule has 0 aliphatic carbocycles. The Morgan fingerprint density at radius 3 is 2.96 bits per heavy atom. The molecule has 0 saturated heterocycles. The molecule has 1 aliphatic rings. The number of nitrogens with one attached hydrogen (secondary N) is 1. The molecule has 122 valence electrons. The molecule has 0 aromatic carbocycles. The average molecular weight is 359 g/mol. The number of carbonyl (C=O) groups is 2. The van der Waals surface area contributed by atoms with Crippen LogP contribution in [0.2, 0.25) is 0 Å². The molecule has 0 spiro atoms. The Labute approximate surface area is 146 Å². The quantitative estimate of drug-likeness (QED) is 0.822. The van der Waals surface area contributed by atoms with Gasteiger partial charge in [-0.1, -0.05) is 0 Å². The van der Waals surface area contributed by atoms with Crippen molar-refractivity contribution in [3.63, 3.8) is 0 Å². The van der Waals surface area contributed by atoms with Crippen molar-refractivity contribution in [2.45, 2.75) is 13.0 Å². The highest BCUT2D eigenvalue weighted by Crippen LogP contribution is 2.36. The molecular weight excluding hydrogens is 346 g/mol. The van der Waals surface area contributed by atoms with Crippen LogP contribution in [-0.2, 0) is 17.8 Å². The first kappa shape index (κ1) is 16.2. The van der Waals surface area contributed by atoms with E-state index in [9.17, 15) is 14.9 Å². The fourth-order valence-corrected chi connectivity index (χ4v) is 4.31. The Morgan fingerprint density at radius 1 is 1.46 bits per heavy atom. The highest BCUT2D eigenvalue weighted by molar-refractivity contribution is 7.16. The zero-order valence-corrected chi connectivity index (χ0v) is 14.1. The zero-order valence-electron chi connectivity index (χ0n) is 12.5. The van der Waals surface area contributed by atoms with Gasteiger partial charge in [0.15, 0.2) is 0 Å². The van der Waals surface area contributed by atoms with Gasteiger partial charge in [-0.2, -0.15) is 16.6 Å². The van der Waals surface area contributed by atoms with Gasteiger partial charge in [0, 0.05) is 17.5 Å². The number of thiophene rings is 2. The molecule has 0 saturated carbocycles. The summed E-state index contributed by atoms with van der Waals surface area (Å²) < 4.78 is 0. The summed E-state index contributed by atoms with van der Waals surface area (Å²) in [7, 11) is 0. The van der Waals surface area contributed by atoms with Crippen LogP contribution in [-0.4, -0.2) is 28.6 Å². The lowest BCUT2D eigenvalue weighted by molar-refractivity contribution is -0.111. The number of hydrogen-bond acceptors (Lipinski definition) is 5. The summed E-state index contributed by atoms with van der Waals surface area (Å²) >= 11 is 2.81. The number of nitrogens with zero attached hydrogens (tertiary/aromatic N) is 2. The fraction of sp³-hybridized carbons (Fsp3) is 0.188. The zero-order chi connectivity index (χ0) is 17.1. The maximum atomic E-state index is 12.1. The predicted octanol–water partition coefficient (Wildman–Crippen LogP) is 3.37. The van der Waals surface area contributed by atoms with Gasteiger partial charge < -0.3 is 15.3 Å². The molecule has 0 unspecified atom stereocenters. The number of fused-ring (bicyclic) bond motifs is 1. The van der Waals surface area contributed by atoms with Crippen LogP contribution in [0.4, 0.5) is 9.80 Å². The number of rotatable bonds is 3. The first-order chi connectivity index (χ1) is 11.6. The lowest BCUT2D eigenvalue weighted by atomic mass is 10.0. The monoisotopic (exact) mass is 359 g/mol. The minimum absolute atomic E-state index is 0.255. The Balaban J connectivity index is 1.78. The number of anilines is 1. The fourth-order valence-electron chi connectivity index (χ4n) is 2.47. The third-order valence-electron chi connectivity index (χ3n) is 3.65. The van der Waals surface area contributed by atoms with Crippen LogP contribution >= 0.6 is 22.7 Å². The van der Waals surface area contributed by atoms with Crippen LogP contribution < -0.4 is 5.32 Å². The van der Waals surface area contributed by atoms with E-state index in [4.69, 9.17) is 5.11 Å². The van der Waals surface area contributed by atoms with Crippen molar-refractivity contribution >= 4 is 45.8 Å². The number of carboxylic acid groups (broad SMARTS) is 1. The molecule has 3 heterocycles. The summed E-state index contributed by atoms with van der Waals surface area (Å²) in [5.74, 6) is -0.314. The van der Waals surface area contributed by atoms with Gasteiger partial charge in [-0.25, -0.2) is 4.79 Å². The summed E-state index contributed by atoms with van der Waals surface area (Å²) in [6.07, 6.45) is 2.64. The van der Waals surface area contributed by atoms with Gasteiger partial charge in [0.05, 0.1) is 12.1 Å². The smallest absolute Gasteiger partial charge is 0.407 e. The molecule has 3 rings (SSSR count). The second-order valence-electron chi connectivity index (χ2n) is 5.15. The highest BCUT2D eigenvalue weighted by Gasteiger charge is 2.27. The molecule has 0 fully saturated rings. The van der Waals surface area contributed by atoms with Crippen LogP contribution in [0.25, 0.3) is 6.08 Å². The normalized spacial score (nSPS) is 13.5. The third kappa shape index (κ3) is 3.32.